The molecule has 0 bridgehead atoms. The zero-order chi connectivity index (χ0) is 15.2. The summed E-state index contributed by atoms with van der Waals surface area (Å²) < 4.78 is 1.10. The van der Waals surface area contributed by atoms with Crippen molar-refractivity contribution in [2.45, 2.75) is 32.4 Å². The molecular weight excluding hydrogens is 326 g/mol. The molecule has 2 rings (SSSR count). The number of nitrogens with zero attached hydrogens (tertiary/aromatic N) is 2. The normalized spacial score (nSPS) is 12.2. The van der Waals surface area contributed by atoms with Crippen LogP contribution in [0.4, 0.5) is 5.82 Å². The minimum absolute atomic E-state index is 0.219. The average molecular weight is 348 g/mol. The molecule has 0 fully saturated rings. The highest BCUT2D eigenvalue weighted by Crippen LogP contribution is 2.17. The van der Waals surface area contributed by atoms with Crippen molar-refractivity contribution < 1.29 is 0 Å². The van der Waals surface area contributed by atoms with Crippen molar-refractivity contribution in [3.63, 3.8) is 0 Å². The van der Waals surface area contributed by atoms with Crippen LogP contribution in [0.15, 0.2) is 47.1 Å². The molecule has 1 aromatic heterocycles. The molecule has 0 saturated heterocycles. The van der Waals surface area contributed by atoms with E-state index in [1.807, 2.05) is 12.3 Å². The summed E-state index contributed by atoms with van der Waals surface area (Å²) in [5.41, 5.74) is 8.43. The second-order valence-corrected chi connectivity index (χ2v) is 6.30. The molecule has 0 radical (unpaired) electrons. The van der Waals surface area contributed by atoms with Crippen molar-refractivity contribution in [3.8, 4) is 0 Å². The van der Waals surface area contributed by atoms with Gasteiger partial charge in [0, 0.05) is 30.3 Å². The Hall–Kier alpha value is -1.39. The largest absolute Gasteiger partial charge is 0.355 e. The van der Waals surface area contributed by atoms with Gasteiger partial charge in [-0.3, -0.25) is 0 Å². The molecule has 2 aromatic rings. The van der Waals surface area contributed by atoms with Gasteiger partial charge in [0.05, 0.1) is 0 Å². The summed E-state index contributed by atoms with van der Waals surface area (Å²) in [5, 5.41) is 0. The van der Waals surface area contributed by atoms with E-state index in [4.69, 9.17) is 5.73 Å². The van der Waals surface area contributed by atoms with Crippen LogP contribution in [0.3, 0.4) is 0 Å². The van der Waals surface area contributed by atoms with Crippen molar-refractivity contribution in [1.29, 1.82) is 0 Å². The van der Waals surface area contributed by atoms with E-state index in [-0.39, 0.29) is 6.04 Å². The quantitative estimate of drug-likeness (QED) is 0.864. The summed E-state index contributed by atoms with van der Waals surface area (Å²) in [6.07, 6.45) is 3.81. The number of pyridine rings is 1. The van der Waals surface area contributed by atoms with Crippen LogP contribution in [-0.2, 0) is 13.0 Å². The second kappa shape index (κ2) is 7.57. The van der Waals surface area contributed by atoms with E-state index in [9.17, 15) is 0 Å². The van der Waals surface area contributed by atoms with E-state index >= 15 is 0 Å². The van der Waals surface area contributed by atoms with Gasteiger partial charge in [-0.05, 0) is 42.2 Å². The number of benzene rings is 1. The van der Waals surface area contributed by atoms with Crippen molar-refractivity contribution >= 4 is 21.7 Å². The van der Waals surface area contributed by atoms with Gasteiger partial charge in [0.1, 0.15) is 5.82 Å². The van der Waals surface area contributed by atoms with E-state index in [1.165, 1.54) is 11.1 Å². The molecule has 1 aromatic carbocycles. The third-order valence-corrected chi connectivity index (χ3v) is 4.02. The first-order valence-electron chi connectivity index (χ1n) is 7.24. The van der Waals surface area contributed by atoms with Crippen LogP contribution in [0.25, 0.3) is 0 Å². The Kier molecular flexibility index (Phi) is 5.76. The Morgan fingerprint density at radius 1 is 1.24 bits per heavy atom. The van der Waals surface area contributed by atoms with Crippen LogP contribution in [0.5, 0.6) is 0 Å². The summed E-state index contributed by atoms with van der Waals surface area (Å²) >= 11 is 3.50. The molecule has 0 aliphatic carbocycles. The SMILES string of the molecule is CCC(N)Cc1ccc(N(C)Cc2cccc(Br)c2)nc1. The van der Waals surface area contributed by atoms with Crippen molar-refractivity contribution in [2.24, 2.45) is 5.73 Å². The molecule has 0 aliphatic heterocycles. The maximum atomic E-state index is 5.98. The number of nitrogens with two attached hydrogens (primary N) is 1. The molecule has 1 unspecified atom stereocenters. The summed E-state index contributed by atoms with van der Waals surface area (Å²) in [4.78, 5) is 6.69. The van der Waals surface area contributed by atoms with E-state index in [0.29, 0.717) is 0 Å². The van der Waals surface area contributed by atoms with E-state index < -0.39 is 0 Å². The van der Waals surface area contributed by atoms with Gasteiger partial charge >= 0.3 is 0 Å². The summed E-state index contributed by atoms with van der Waals surface area (Å²) in [5.74, 6) is 0.976. The zero-order valence-corrected chi connectivity index (χ0v) is 14.2. The first-order chi connectivity index (χ1) is 10.1. The van der Waals surface area contributed by atoms with Gasteiger partial charge in [0.15, 0.2) is 0 Å². The minimum atomic E-state index is 0.219. The van der Waals surface area contributed by atoms with Gasteiger partial charge in [-0.25, -0.2) is 4.98 Å². The minimum Gasteiger partial charge on any atom is -0.355 e. The molecule has 0 amide bonds. The van der Waals surface area contributed by atoms with Crippen LogP contribution >= 0.6 is 15.9 Å². The second-order valence-electron chi connectivity index (χ2n) is 5.38. The standard InChI is InChI=1S/C17H22BrN3/c1-3-16(19)10-13-7-8-17(20-11-13)21(2)12-14-5-4-6-15(18)9-14/h4-9,11,16H,3,10,12,19H2,1-2H3. The molecule has 4 heteroatoms. The fraction of sp³-hybridized carbons (Fsp3) is 0.353. The summed E-state index contributed by atoms with van der Waals surface area (Å²) in [6.45, 7) is 2.94. The molecule has 0 spiro atoms. The Labute approximate surface area is 135 Å². The van der Waals surface area contributed by atoms with E-state index in [0.717, 1.165) is 29.7 Å². The predicted molar refractivity (Wildman–Crippen MR) is 92.5 cm³/mol. The molecule has 0 aliphatic rings. The molecule has 1 heterocycles. The lowest BCUT2D eigenvalue weighted by molar-refractivity contribution is 0.645. The highest BCUT2D eigenvalue weighted by Gasteiger charge is 2.06. The Morgan fingerprint density at radius 3 is 2.67 bits per heavy atom. The van der Waals surface area contributed by atoms with Crippen LogP contribution < -0.4 is 10.6 Å². The lowest BCUT2D eigenvalue weighted by Gasteiger charge is -2.19. The Morgan fingerprint density at radius 2 is 2.05 bits per heavy atom. The zero-order valence-electron chi connectivity index (χ0n) is 12.6. The Balaban J connectivity index is 2.01. The lowest BCUT2D eigenvalue weighted by atomic mass is 10.1. The lowest BCUT2D eigenvalue weighted by Crippen LogP contribution is -2.22. The number of rotatable bonds is 6. The molecule has 0 saturated carbocycles. The monoisotopic (exact) mass is 347 g/mol. The summed E-state index contributed by atoms with van der Waals surface area (Å²) in [6, 6.07) is 12.7. The highest BCUT2D eigenvalue weighted by molar-refractivity contribution is 9.10. The molecule has 1 atom stereocenters. The number of halogens is 1. The van der Waals surface area contributed by atoms with E-state index in [1.54, 1.807) is 0 Å². The van der Waals surface area contributed by atoms with Gasteiger partial charge in [-0.1, -0.05) is 41.1 Å². The third kappa shape index (κ3) is 4.83. The third-order valence-electron chi connectivity index (χ3n) is 3.53. The van der Waals surface area contributed by atoms with Gasteiger partial charge in [0.2, 0.25) is 0 Å². The number of aromatic nitrogens is 1. The molecular formula is C17H22BrN3. The van der Waals surface area contributed by atoms with Crippen molar-refractivity contribution in [2.75, 3.05) is 11.9 Å². The average Bonchev–Trinajstić information content (AvgIpc) is 2.47. The van der Waals surface area contributed by atoms with Gasteiger partial charge < -0.3 is 10.6 Å². The fourth-order valence-corrected chi connectivity index (χ4v) is 2.65. The first-order valence-corrected chi connectivity index (χ1v) is 8.04. The van der Waals surface area contributed by atoms with Crippen LogP contribution in [0.1, 0.15) is 24.5 Å². The van der Waals surface area contributed by atoms with E-state index in [2.05, 4.69) is 70.1 Å². The number of anilines is 1. The fourth-order valence-electron chi connectivity index (χ4n) is 2.20. The number of hydrogen-bond acceptors (Lipinski definition) is 3. The molecule has 3 nitrogen and oxygen atoms in total. The van der Waals surface area contributed by atoms with Crippen molar-refractivity contribution in [3.05, 3.63) is 58.2 Å². The van der Waals surface area contributed by atoms with Crippen LogP contribution in [0.2, 0.25) is 0 Å². The molecule has 2 N–H and O–H groups in total. The first kappa shape index (κ1) is 16.0. The maximum Gasteiger partial charge on any atom is 0.128 e. The van der Waals surface area contributed by atoms with Crippen LogP contribution in [-0.4, -0.2) is 18.1 Å². The van der Waals surface area contributed by atoms with Gasteiger partial charge in [-0.15, -0.1) is 0 Å². The smallest absolute Gasteiger partial charge is 0.128 e. The Bertz CT molecular complexity index is 569. The molecule has 21 heavy (non-hydrogen) atoms. The van der Waals surface area contributed by atoms with Crippen molar-refractivity contribution in [1.82, 2.24) is 4.98 Å². The number of hydrogen-bond donors (Lipinski definition) is 1. The predicted octanol–water partition coefficient (Wildman–Crippen LogP) is 3.76. The van der Waals surface area contributed by atoms with Gasteiger partial charge in [0.25, 0.3) is 0 Å². The van der Waals surface area contributed by atoms with Crippen LogP contribution in [0, 0.1) is 0 Å². The summed E-state index contributed by atoms with van der Waals surface area (Å²) in [7, 11) is 2.06. The highest BCUT2D eigenvalue weighted by atomic mass is 79.9. The topological polar surface area (TPSA) is 42.1 Å². The van der Waals surface area contributed by atoms with Gasteiger partial charge in [-0.2, -0.15) is 0 Å². The molecule has 112 valence electrons. The maximum absolute atomic E-state index is 5.98.